The van der Waals surface area contributed by atoms with Crippen molar-refractivity contribution < 1.29 is 14.6 Å². The molecule has 1 fully saturated rings. The molecular formula is C18H28N2O3. The molecule has 1 aromatic rings. The Kier molecular flexibility index (Phi) is 6.86. The summed E-state index contributed by atoms with van der Waals surface area (Å²) in [5.41, 5.74) is 1.01. The minimum atomic E-state index is -0.227. The lowest BCUT2D eigenvalue weighted by Gasteiger charge is -2.28. The van der Waals surface area contributed by atoms with Crippen molar-refractivity contribution in [3.63, 3.8) is 0 Å². The Morgan fingerprint density at radius 3 is 2.78 bits per heavy atom. The van der Waals surface area contributed by atoms with E-state index in [4.69, 9.17) is 9.84 Å². The largest absolute Gasteiger partial charge is 0.445 e. The highest BCUT2D eigenvalue weighted by Gasteiger charge is 2.29. The van der Waals surface area contributed by atoms with E-state index in [-0.39, 0.29) is 12.7 Å². The van der Waals surface area contributed by atoms with Gasteiger partial charge < -0.3 is 14.7 Å². The molecule has 1 aliphatic heterocycles. The second kappa shape index (κ2) is 8.89. The number of benzene rings is 1. The van der Waals surface area contributed by atoms with Crippen molar-refractivity contribution in [1.29, 1.82) is 0 Å². The highest BCUT2D eigenvalue weighted by Crippen LogP contribution is 2.19. The van der Waals surface area contributed by atoms with Crippen molar-refractivity contribution in [3.8, 4) is 0 Å². The van der Waals surface area contributed by atoms with E-state index in [9.17, 15) is 4.79 Å². The van der Waals surface area contributed by atoms with Gasteiger partial charge in [-0.3, -0.25) is 4.90 Å². The molecule has 5 heteroatoms. The standard InChI is InChI=1S/C18H28N2O3/c1-15(2)19(10-11-21)12-17-8-9-20(13-17)18(22)23-14-16-6-4-3-5-7-16/h3-7,15,17,21H,8-14H2,1-2H3/t17-/m1/s1. The van der Waals surface area contributed by atoms with E-state index in [0.717, 1.165) is 31.6 Å². The molecule has 5 nitrogen and oxygen atoms in total. The molecule has 1 atom stereocenters. The second-order valence-corrected chi connectivity index (χ2v) is 6.45. The average Bonchev–Trinajstić information content (AvgIpc) is 3.02. The predicted octanol–water partition coefficient (Wildman–Crippen LogP) is 2.35. The molecule has 0 aliphatic carbocycles. The Morgan fingerprint density at radius 2 is 2.13 bits per heavy atom. The molecule has 0 unspecified atom stereocenters. The van der Waals surface area contributed by atoms with Crippen LogP contribution in [-0.2, 0) is 11.3 Å². The zero-order chi connectivity index (χ0) is 16.7. The fourth-order valence-corrected chi connectivity index (χ4v) is 2.98. The molecule has 0 bridgehead atoms. The minimum absolute atomic E-state index is 0.174. The number of likely N-dealkylation sites (tertiary alicyclic amines) is 1. The van der Waals surface area contributed by atoms with Gasteiger partial charge in [0.05, 0.1) is 6.61 Å². The first kappa shape index (κ1) is 17.8. The Labute approximate surface area is 138 Å². The maximum atomic E-state index is 12.2. The minimum Gasteiger partial charge on any atom is -0.445 e. The maximum Gasteiger partial charge on any atom is 0.410 e. The first-order valence-electron chi connectivity index (χ1n) is 8.40. The number of carbonyl (C=O) groups excluding carboxylic acids is 1. The van der Waals surface area contributed by atoms with Gasteiger partial charge in [0.1, 0.15) is 6.61 Å². The van der Waals surface area contributed by atoms with Crippen molar-refractivity contribution in [2.75, 3.05) is 32.8 Å². The predicted molar refractivity (Wildman–Crippen MR) is 90.1 cm³/mol. The SMILES string of the molecule is CC(C)N(CCO)C[C@H]1CCN(C(=O)OCc2ccccc2)C1. The second-order valence-electron chi connectivity index (χ2n) is 6.45. The van der Waals surface area contributed by atoms with Gasteiger partial charge in [-0.15, -0.1) is 0 Å². The number of aliphatic hydroxyl groups is 1. The summed E-state index contributed by atoms with van der Waals surface area (Å²) in [6.07, 6.45) is 0.768. The zero-order valence-corrected chi connectivity index (χ0v) is 14.1. The lowest BCUT2D eigenvalue weighted by Crippen LogP contribution is -2.38. The third-order valence-corrected chi connectivity index (χ3v) is 4.36. The fourth-order valence-electron chi connectivity index (χ4n) is 2.98. The molecule has 0 spiro atoms. The van der Waals surface area contributed by atoms with E-state index in [1.54, 1.807) is 4.90 Å². The Hall–Kier alpha value is -1.59. The van der Waals surface area contributed by atoms with E-state index in [1.807, 2.05) is 30.3 Å². The molecule has 0 saturated carbocycles. The number of hydrogen-bond acceptors (Lipinski definition) is 4. The van der Waals surface area contributed by atoms with Gasteiger partial charge in [0, 0.05) is 32.2 Å². The van der Waals surface area contributed by atoms with Crippen LogP contribution in [0.25, 0.3) is 0 Å². The fraction of sp³-hybridized carbons (Fsp3) is 0.611. The molecule has 23 heavy (non-hydrogen) atoms. The van der Waals surface area contributed by atoms with Crippen LogP contribution in [0, 0.1) is 5.92 Å². The van der Waals surface area contributed by atoms with Gasteiger partial charge in [0.25, 0.3) is 0 Å². The van der Waals surface area contributed by atoms with Crippen LogP contribution in [-0.4, -0.2) is 59.8 Å². The number of carbonyl (C=O) groups is 1. The van der Waals surface area contributed by atoms with Crippen molar-refractivity contribution in [2.24, 2.45) is 5.92 Å². The highest BCUT2D eigenvalue weighted by molar-refractivity contribution is 5.68. The Bertz CT molecular complexity index is 478. The quantitative estimate of drug-likeness (QED) is 0.838. The third kappa shape index (κ3) is 5.52. The van der Waals surface area contributed by atoms with Crippen molar-refractivity contribution in [1.82, 2.24) is 9.80 Å². The molecule has 1 saturated heterocycles. The van der Waals surface area contributed by atoms with Crippen LogP contribution in [0.2, 0.25) is 0 Å². The number of aliphatic hydroxyl groups excluding tert-OH is 1. The van der Waals surface area contributed by atoms with E-state index in [0.29, 0.717) is 25.1 Å². The van der Waals surface area contributed by atoms with Crippen LogP contribution >= 0.6 is 0 Å². The Morgan fingerprint density at radius 1 is 1.39 bits per heavy atom. The van der Waals surface area contributed by atoms with Crippen molar-refractivity contribution in [3.05, 3.63) is 35.9 Å². The third-order valence-electron chi connectivity index (χ3n) is 4.36. The topological polar surface area (TPSA) is 53.0 Å². The smallest absolute Gasteiger partial charge is 0.410 e. The number of ether oxygens (including phenoxy) is 1. The van der Waals surface area contributed by atoms with Gasteiger partial charge in [0.15, 0.2) is 0 Å². The molecule has 1 N–H and O–H groups in total. The molecule has 1 heterocycles. The lowest BCUT2D eigenvalue weighted by atomic mass is 10.1. The monoisotopic (exact) mass is 320 g/mol. The normalized spacial score (nSPS) is 18.0. The highest BCUT2D eigenvalue weighted by atomic mass is 16.6. The molecule has 1 amide bonds. The molecule has 0 radical (unpaired) electrons. The lowest BCUT2D eigenvalue weighted by molar-refractivity contribution is 0.100. The van der Waals surface area contributed by atoms with E-state index < -0.39 is 0 Å². The average molecular weight is 320 g/mol. The number of hydrogen-bond donors (Lipinski definition) is 1. The molecule has 2 rings (SSSR count). The number of amides is 1. The summed E-state index contributed by atoms with van der Waals surface area (Å²) in [6.45, 7) is 7.86. The zero-order valence-electron chi connectivity index (χ0n) is 14.1. The summed E-state index contributed by atoms with van der Waals surface area (Å²) < 4.78 is 5.39. The van der Waals surface area contributed by atoms with E-state index in [2.05, 4.69) is 18.7 Å². The molecule has 128 valence electrons. The first-order chi connectivity index (χ1) is 11.1. The van der Waals surface area contributed by atoms with Gasteiger partial charge in [-0.2, -0.15) is 0 Å². The molecule has 0 aromatic heterocycles. The molecule has 1 aromatic carbocycles. The van der Waals surface area contributed by atoms with Crippen LogP contribution in [0.4, 0.5) is 4.79 Å². The molecular weight excluding hydrogens is 292 g/mol. The van der Waals surface area contributed by atoms with Crippen LogP contribution in [0.1, 0.15) is 25.8 Å². The summed E-state index contributed by atoms with van der Waals surface area (Å²) in [6, 6.07) is 10.1. The maximum absolute atomic E-state index is 12.2. The van der Waals surface area contributed by atoms with Gasteiger partial charge in [-0.05, 0) is 31.7 Å². The Balaban J connectivity index is 1.76. The molecule has 1 aliphatic rings. The summed E-state index contributed by atoms with van der Waals surface area (Å²) in [5, 5.41) is 9.15. The van der Waals surface area contributed by atoms with Gasteiger partial charge in [-0.1, -0.05) is 30.3 Å². The summed E-state index contributed by atoms with van der Waals surface area (Å²) in [4.78, 5) is 16.2. The van der Waals surface area contributed by atoms with Crippen LogP contribution in [0.5, 0.6) is 0 Å². The summed E-state index contributed by atoms with van der Waals surface area (Å²) in [7, 11) is 0. The van der Waals surface area contributed by atoms with Crippen LogP contribution in [0.15, 0.2) is 30.3 Å². The van der Waals surface area contributed by atoms with Gasteiger partial charge in [0.2, 0.25) is 0 Å². The van der Waals surface area contributed by atoms with Crippen molar-refractivity contribution in [2.45, 2.75) is 32.9 Å². The van der Waals surface area contributed by atoms with Crippen LogP contribution < -0.4 is 0 Å². The summed E-state index contributed by atoms with van der Waals surface area (Å²) in [5.74, 6) is 0.452. The number of rotatable bonds is 7. The van der Waals surface area contributed by atoms with Crippen LogP contribution in [0.3, 0.4) is 0 Å². The van der Waals surface area contributed by atoms with Gasteiger partial charge >= 0.3 is 6.09 Å². The van der Waals surface area contributed by atoms with Crippen molar-refractivity contribution >= 4 is 6.09 Å². The number of nitrogens with zero attached hydrogens (tertiary/aromatic N) is 2. The first-order valence-corrected chi connectivity index (χ1v) is 8.40. The van der Waals surface area contributed by atoms with Gasteiger partial charge in [-0.25, -0.2) is 4.79 Å². The van der Waals surface area contributed by atoms with E-state index >= 15 is 0 Å². The van der Waals surface area contributed by atoms with E-state index in [1.165, 1.54) is 0 Å². The summed E-state index contributed by atoms with van der Waals surface area (Å²) >= 11 is 0.